The zero-order valence-electron chi connectivity index (χ0n) is 9.20. The van der Waals surface area contributed by atoms with E-state index in [0.717, 1.165) is 30.7 Å². The number of Topliss-reactive ketones (excluding diaryl/α,β-unsaturated/α-hetero) is 1. The molecular weight excluding hydrogens is 186 g/mol. The normalized spacial score (nSPS) is 29.8. The fraction of sp³-hybridized carbons (Fsp3) is 0.615. The Bertz CT molecular complexity index is 399. The first-order valence-electron chi connectivity index (χ1n) is 5.98. The molecule has 15 heavy (non-hydrogen) atoms. The molecule has 3 rings (SSSR count). The lowest BCUT2D eigenvalue weighted by Gasteiger charge is -2.35. The summed E-state index contributed by atoms with van der Waals surface area (Å²) in [6.07, 6.45) is 7.59. The van der Waals surface area contributed by atoms with E-state index in [2.05, 4.69) is 17.7 Å². The van der Waals surface area contributed by atoms with Crippen molar-refractivity contribution in [3.8, 4) is 0 Å². The molecule has 1 aromatic rings. The van der Waals surface area contributed by atoms with Crippen LogP contribution in [0.25, 0.3) is 0 Å². The minimum Gasteiger partial charge on any atom is -0.348 e. The van der Waals surface area contributed by atoms with Gasteiger partial charge in [-0.15, -0.1) is 0 Å². The van der Waals surface area contributed by atoms with E-state index in [1.807, 2.05) is 6.07 Å². The van der Waals surface area contributed by atoms with Crippen molar-refractivity contribution in [2.45, 2.75) is 45.1 Å². The summed E-state index contributed by atoms with van der Waals surface area (Å²) in [6.45, 7) is 2.30. The number of hydrogen-bond donors (Lipinski definition) is 0. The Morgan fingerprint density at radius 2 is 2.13 bits per heavy atom. The molecule has 0 aliphatic heterocycles. The van der Waals surface area contributed by atoms with E-state index in [-0.39, 0.29) is 0 Å². The fourth-order valence-corrected chi connectivity index (χ4v) is 2.98. The van der Waals surface area contributed by atoms with Gasteiger partial charge in [-0.05, 0) is 37.7 Å². The van der Waals surface area contributed by atoms with Gasteiger partial charge >= 0.3 is 0 Å². The molecule has 80 valence electrons. The Balaban J connectivity index is 1.93. The third-order valence-corrected chi connectivity index (χ3v) is 3.88. The van der Waals surface area contributed by atoms with Gasteiger partial charge in [0.05, 0.1) is 0 Å². The summed E-state index contributed by atoms with van der Waals surface area (Å²) >= 11 is 0. The van der Waals surface area contributed by atoms with Crippen LogP contribution in [0.5, 0.6) is 0 Å². The topological polar surface area (TPSA) is 22.0 Å². The van der Waals surface area contributed by atoms with Crippen molar-refractivity contribution in [3.63, 3.8) is 0 Å². The first-order chi connectivity index (χ1) is 7.25. The highest BCUT2D eigenvalue weighted by atomic mass is 16.1. The van der Waals surface area contributed by atoms with Gasteiger partial charge in [0.25, 0.3) is 0 Å². The van der Waals surface area contributed by atoms with Crippen LogP contribution in [-0.2, 0) is 6.42 Å². The molecule has 1 saturated carbocycles. The van der Waals surface area contributed by atoms with Gasteiger partial charge in [0, 0.05) is 29.9 Å². The van der Waals surface area contributed by atoms with Crippen molar-refractivity contribution >= 4 is 5.78 Å². The molecule has 0 spiro atoms. The molecule has 2 heteroatoms. The number of carbonyl (C=O) groups excluding carboxylic acids is 1. The van der Waals surface area contributed by atoms with Crippen LogP contribution in [0.3, 0.4) is 0 Å². The number of rotatable bonds is 1. The maximum atomic E-state index is 11.7. The predicted octanol–water partition coefficient (Wildman–Crippen LogP) is 2.98. The molecule has 1 aromatic heterocycles. The average molecular weight is 203 g/mol. The molecule has 0 radical (unpaired) electrons. The second-order valence-electron chi connectivity index (χ2n) is 5.09. The molecule has 1 fully saturated rings. The molecule has 0 amide bonds. The summed E-state index contributed by atoms with van der Waals surface area (Å²) in [4.78, 5) is 11.7. The Morgan fingerprint density at radius 3 is 2.87 bits per heavy atom. The van der Waals surface area contributed by atoms with E-state index < -0.39 is 0 Å². The molecule has 0 aromatic carbocycles. The highest BCUT2D eigenvalue weighted by Crippen LogP contribution is 2.39. The lowest BCUT2D eigenvalue weighted by Crippen LogP contribution is -2.26. The lowest BCUT2D eigenvalue weighted by atomic mass is 9.81. The Morgan fingerprint density at radius 1 is 1.33 bits per heavy atom. The van der Waals surface area contributed by atoms with Crippen LogP contribution < -0.4 is 0 Å². The molecule has 0 N–H and O–H groups in total. The first-order valence-corrected chi connectivity index (χ1v) is 5.98. The van der Waals surface area contributed by atoms with Gasteiger partial charge in [-0.25, -0.2) is 0 Å². The van der Waals surface area contributed by atoms with Gasteiger partial charge in [-0.1, -0.05) is 6.92 Å². The van der Waals surface area contributed by atoms with Crippen molar-refractivity contribution < 1.29 is 4.79 Å². The molecule has 2 aliphatic rings. The minimum atomic E-state index is 0.349. The first kappa shape index (κ1) is 9.20. The highest BCUT2D eigenvalue weighted by molar-refractivity contribution is 5.98. The van der Waals surface area contributed by atoms with E-state index in [0.29, 0.717) is 11.8 Å². The Kier molecular flexibility index (Phi) is 1.98. The Labute approximate surface area is 90.3 Å². The molecule has 1 heterocycles. The van der Waals surface area contributed by atoms with E-state index >= 15 is 0 Å². The number of ketones is 1. The quantitative estimate of drug-likeness (QED) is 0.687. The summed E-state index contributed by atoms with van der Waals surface area (Å²) in [6, 6.07) is 2.70. The SMILES string of the molecule is CC1CC(n2ccc3c2CCCC3=O)C1. The van der Waals surface area contributed by atoms with Crippen molar-refractivity contribution in [2.24, 2.45) is 5.92 Å². The average Bonchev–Trinajstić information content (AvgIpc) is 2.58. The van der Waals surface area contributed by atoms with Crippen LogP contribution >= 0.6 is 0 Å². The second kappa shape index (κ2) is 3.22. The van der Waals surface area contributed by atoms with Crippen LogP contribution in [0.15, 0.2) is 12.3 Å². The maximum absolute atomic E-state index is 11.7. The van der Waals surface area contributed by atoms with E-state index in [4.69, 9.17) is 0 Å². The van der Waals surface area contributed by atoms with Crippen molar-refractivity contribution in [3.05, 3.63) is 23.5 Å². The highest BCUT2D eigenvalue weighted by Gasteiger charge is 2.30. The number of aromatic nitrogens is 1. The monoisotopic (exact) mass is 203 g/mol. The Hall–Kier alpha value is -1.05. The van der Waals surface area contributed by atoms with Gasteiger partial charge < -0.3 is 4.57 Å². The zero-order chi connectivity index (χ0) is 10.4. The molecule has 0 unspecified atom stereocenters. The van der Waals surface area contributed by atoms with Crippen LogP contribution in [0.4, 0.5) is 0 Å². The lowest BCUT2D eigenvalue weighted by molar-refractivity contribution is 0.0970. The van der Waals surface area contributed by atoms with Gasteiger partial charge in [0.15, 0.2) is 5.78 Å². The third-order valence-electron chi connectivity index (χ3n) is 3.88. The summed E-state index contributed by atoms with van der Waals surface area (Å²) in [5.74, 6) is 1.22. The third kappa shape index (κ3) is 1.35. The number of carbonyl (C=O) groups is 1. The summed E-state index contributed by atoms with van der Waals surface area (Å²) in [5.41, 5.74) is 2.31. The van der Waals surface area contributed by atoms with Crippen molar-refractivity contribution in [1.82, 2.24) is 4.57 Å². The maximum Gasteiger partial charge on any atom is 0.164 e. The molecule has 2 aliphatic carbocycles. The standard InChI is InChI=1S/C13H17NO/c1-9-7-10(8-9)14-6-5-11-12(14)3-2-4-13(11)15/h5-6,9-10H,2-4,7-8H2,1H3. The molecule has 0 atom stereocenters. The number of hydrogen-bond acceptors (Lipinski definition) is 1. The summed E-state index contributed by atoms with van der Waals surface area (Å²) in [5, 5.41) is 0. The van der Waals surface area contributed by atoms with Gasteiger partial charge in [0.2, 0.25) is 0 Å². The van der Waals surface area contributed by atoms with E-state index in [1.165, 1.54) is 18.5 Å². The van der Waals surface area contributed by atoms with Crippen LogP contribution in [0.1, 0.15) is 54.7 Å². The number of nitrogens with zero attached hydrogens (tertiary/aromatic N) is 1. The van der Waals surface area contributed by atoms with Crippen LogP contribution in [0.2, 0.25) is 0 Å². The zero-order valence-corrected chi connectivity index (χ0v) is 9.20. The molecule has 0 bridgehead atoms. The smallest absolute Gasteiger partial charge is 0.164 e. The van der Waals surface area contributed by atoms with Gasteiger partial charge in [-0.2, -0.15) is 0 Å². The summed E-state index contributed by atoms with van der Waals surface area (Å²) < 4.78 is 2.37. The fourth-order valence-electron chi connectivity index (χ4n) is 2.98. The van der Waals surface area contributed by atoms with Crippen molar-refractivity contribution in [2.75, 3.05) is 0 Å². The van der Waals surface area contributed by atoms with Crippen LogP contribution in [-0.4, -0.2) is 10.4 Å². The summed E-state index contributed by atoms with van der Waals surface area (Å²) in [7, 11) is 0. The largest absolute Gasteiger partial charge is 0.348 e. The minimum absolute atomic E-state index is 0.349. The van der Waals surface area contributed by atoms with E-state index in [1.54, 1.807) is 0 Å². The van der Waals surface area contributed by atoms with Gasteiger partial charge in [0.1, 0.15) is 0 Å². The number of fused-ring (bicyclic) bond motifs is 1. The van der Waals surface area contributed by atoms with Crippen molar-refractivity contribution in [1.29, 1.82) is 0 Å². The van der Waals surface area contributed by atoms with E-state index in [9.17, 15) is 4.79 Å². The molecule has 0 saturated heterocycles. The second-order valence-corrected chi connectivity index (χ2v) is 5.09. The molecule has 2 nitrogen and oxygen atoms in total. The van der Waals surface area contributed by atoms with Crippen LogP contribution in [0, 0.1) is 5.92 Å². The predicted molar refractivity (Wildman–Crippen MR) is 59.1 cm³/mol. The molecular formula is C13H17NO. The van der Waals surface area contributed by atoms with Gasteiger partial charge in [-0.3, -0.25) is 4.79 Å².